The van der Waals surface area contributed by atoms with Crippen molar-refractivity contribution in [3.05, 3.63) is 70.7 Å². The maximum Gasteiger partial charge on any atom is 0.166 e. The highest BCUT2D eigenvalue weighted by Gasteiger charge is 2.43. The zero-order chi connectivity index (χ0) is 12.5. The van der Waals surface area contributed by atoms with Crippen LogP contribution in [0.1, 0.15) is 28.3 Å². The van der Waals surface area contributed by atoms with Gasteiger partial charge < -0.3 is 0 Å². The van der Waals surface area contributed by atoms with Crippen molar-refractivity contribution in [2.75, 3.05) is 0 Å². The molecule has 0 radical (unpaired) electrons. The first kappa shape index (κ1) is 11.5. The van der Waals surface area contributed by atoms with Crippen LogP contribution in [0.15, 0.2) is 54.6 Å². The molecule has 0 saturated heterocycles. The average molecular weight is 257 g/mol. The van der Waals surface area contributed by atoms with Crippen LogP contribution in [0.25, 0.3) is 0 Å². The number of carbonyl (C=O) groups excluding carboxylic acids is 1. The van der Waals surface area contributed by atoms with Crippen LogP contribution in [0.4, 0.5) is 0 Å². The van der Waals surface area contributed by atoms with Gasteiger partial charge in [-0.25, -0.2) is 0 Å². The minimum absolute atomic E-state index is 0.147. The van der Waals surface area contributed by atoms with Crippen LogP contribution in [0.3, 0.4) is 0 Å². The molecule has 1 fully saturated rings. The van der Waals surface area contributed by atoms with Gasteiger partial charge in [0.1, 0.15) is 0 Å². The molecular weight excluding hydrogens is 244 g/mol. The normalized spacial score (nSPS) is 21.6. The first-order valence-electron chi connectivity index (χ1n) is 6.10. The summed E-state index contributed by atoms with van der Waals surface area (Å²) in [5.74, 6) is 0.777. The SMILES string of the molecule is O=C(c1ccccc1)[C@H]1C[C@@H]1c1ccc(Cl)cc1. The number of Topliss-reactive ketones (excluding diaryl/α,β-unsaturated/α-hetero) is 1. The van der Waals surface area contributed by atoms with Gasteiger partial charge in [-0.15, -0.1) is 0 Å². The zero-order valence-corrected chi connectivity index (χ0v) is 10.6. The number of hydrogen-bond donors (Lipinski definition) is 0. The number of ketones is 1. The summed E-state index contributed by atoms with van der Waals surface area (Å²) in [7, 11) is 0. The van der Waals surface area contributed by atoms with E-state index >= 15 is 0 Å². The van der Waals surface area contributed by atoms with E-state index in [0.717, 1.165) is 17.0 Å². The Kier molecular flexibility index (Phi) is 2.92. The lowest BCUT2D eigenvalue weighted by Gasteiger charge is -2.01. The molecule has 0 aromatic heterocycles. The molecule has 0 heterocycles. The first-order valence-corrected chi connectivity index (χ1v) is 6.48. The van der Waals surface area contributed by atoms with E-state index in [4.69, 9.17) is 11.6 Å². The molecule has 18 heavy (non-hydrogen) atoms. The van der Waals surface area contributed by atoms with Crippen molar-refractivity contribution in [3.63, 3.8) is 0 Å². The van der Waals surface area contributed by atoms with Gasteiger partial charge in [-0.2, -0.15) is 0 Å². The third kappa shape index (κ3) is 2.19. The van der Waals surface area contributed by atoms with Gasteiger partial charge in [0.15, 0.2) is 5.78 Å². The second-order valence-electron chi connectivity index (χ2n) is 4.73. The van der Waals surface area contributed by atoms with Crippen molar-refractivity contribution in [3.8, 4) is 0 Å². The minimum atomic E-state index is 0.147. The largest absolute Gasteiger partial charge is 0.294 e. The Morgan fingerprint density at radius 2 is 1.67 bits per heavy atom. The summed E-state index contributed by atoms with van der Waals surface area (Å²) in [5.41, 5.74) is 2.03. The van der Waals surface area contributed by atoms with E-state index in [-0.39, 0.29) is 11.7 Å². The molecule has 1 aliphatic rings. The van der Waals surface area contributed by atoms with Crippen molar-refractivity contribution < 1.29 is 4.79 Å². The lowest BCUT2D eigenvalue weighted by Crippen LogP contribution is -2.02. The van der Waals surface area contributed by atoms with Crippen molar-refractivity contribution in [1.29, 1.82) is 0 Å². The summed E-state index contributed by atoms with van der Waals surface area (Å²) in [6.07, 6.45) is 0.954. The molecule has 2 aromatic carbocycles. The van der Waals surface area contributed by atoms with Crippen molar-refractivity contribution in [1.82, 2.24) is 0 Å². The van der Waals surface area contributed by atoms with Crippen LogP contribution in [0.2, 0.25) is 5.02 Å². The van der Waals surface area contributed by atoms with Crippen LogP contribution in [0.5, 0.6) is 0 Å². The predicted molar refractivity (Wildman–Crippen MR) is 73.1 cm³/mol. The molecule has 0 unspecified atom stereocenters. The third-order valence-electron chi connectivity index (χ3n) is 3.48. The molecule has 90 valence electrons. The molecule has 0 N–H and O–H groups in total. The van der Waals surface area contributed by atoms with Crippen molar-refractivity contribution in [2.24, 2.45) is 5.92 Å². The fourth-order valence-corrected chi connectivity index (χ4v) is 2.51. The highest BCUT2D eigenvalue weighted by molar-refractivity contribution is 6.30. The van der Waals surface area contributed by atoms with Gasteiger partial charge in [0.2, 0.25) is 0 Å². The van der Waals surface area contributed by atoms with Crippen LogP contribution >= 0.6 is 11.6 Å². The first-order chi connectivity index (χ1) is 8.75. The van der Waals surface area contributed by atoms with Gasteiger partial charge in [-0.05, 0) is 30.0 Å². The number of halogens is 1. The second-order valence-corrected chi connectivity index (χ2v) is 5.17. The Labute approximate surface area is 111 Å². The summed E-state index contributed by atoms with van der Waals surface area (Å²) in [5, 5.41) is 0.741. The van der Waals surface area contributed by atoms with Crippen LogP contribution in [-0.4, -0.2) is 5.78 Å². The molecule has 2 atom stereocenters. The lowest BCUT2D eigenvalue weighted by molar-refractivity contribution is 0.0965. The molecule has 1 saturated carbocycles. The second kappa shape index (κ2) is 4.58. The molecular formula is C16H13ClO. The van der Waals surface area contributed by atoms with Crippen LogP contribution in [0, 0.1) is 5.92 Å². The third-order valence-corrected chi connectivity index (χ3v) is 3.74. The maximum absolute atomic E-state index is 12.2. The highest BCUT2D eigenvalue weighted by Crippen LogP contribution is 2.49. The van der Waals surface area contributed by atoms with E-state index in [1.807, 2.05) is 54.6 Å². The molecule has 0 aliphatic heterocycles. The van der Waals surface area contributed by atoms with Crippen LogP contribution in [-0.2, 0) is 0 Å². The maximum atomic E-state index is 12.2. The van der Waals surface area contributed by atoms with E-state index in [1.54, 1.807) is 0 Å². The highest BCUT2D eigenvalue weighted by atomic mass is 35.5. The number of benzene rings is 2. The standard InChI is InChI=1S/C16H13ClO/c17-13-8-6-11(7-9-13)14-10-15(14)16(18)12-4-2-1-3-5-12/h1-9,14-15H,10H2/t14-,15+/m1/s1. The van der Waals surface area contributed by atoms with E-state index in [1.165, 1.54) is 5.56 Å². The molecule has 0 bridgehead atoms. The molecule has 2 aromatic rings. The van der Waals surface area contributed by atoms with Gasteiger partial charge in [-0.1, -0.05) is 54.1 Å². The Morgan fingerprint density at radius 3 is 2.33 bits per heavy atom. The molecule has 0 amide bonds. The van der Waals surface area contributed by atoms with E-state index in [0.29, 0.717) is 5.92 Å². The molecule has 3 rings (SSSR count). The molecule has 0 spiro atoms. The molecule has 1 nitrogen and oxygen atoms in total. The van der Waals surface area contributed by atoms with Crippen molar-refractivity contribution >= 4 is 17.4 Å². The van der Waals surface area contributed by atoms with Gasteiger partial charge in [0.05, 0.1) is 0 Å². The Hall–Kier alpha value is -1.60. The monoisotopic (exact) mass is 256 g/mol. The van der Waals surface area contributed by atoms with Gasteiger partial charge >= 0.3 is 0 Å². The molecule has 2 heteroatoms. The summed E-state index contributed by atoms with van der Waals surface area (Å²) < 4.78 is 0. The Bertz CT molecular complexity index is 559. The summed E-state index contributed by atoms with van der Waals surface area (Å²) in [6.45, 7) is 0. The number of carbonyl (C=O) groups is 1. The van der Waals surface area contributed by atoms with Gasteiger partial charge in [0.25, 0.3) is 0 Å². The fraction of sp³-hybridized carbons (Fsp3) is 0.188. The summed E-state index contributed by atoms with van der Waals surface area (Å²) in [4.78, 5) is 12.2. The summed E-state index contributed by atoms with van der Waals surface area (Å²) in [6, 6.07) is 17.3. The summed E-state index contributed by atoms with van der Waals surface area (Å²) >= 11 is 5.86. The van der Waals surface area contributed by atoms with E-state index in [9.17, 15) is 4.79 Å². The Morgan fingerprint density at radius 1 is 1.00 bits per heavy atom. The fourth-order valence-electron chi connectivity index (χ4n) is 2.38. The van der Waals surface area contributed by atoms with E-state index < -0.39 is 0 Å². The Balaban J connectivity index is 1.75. The topological polar surface area (TPSA) is 17.1 Å². The number of hydrogen-bond acceptors (Lipinski definition) is 1. The smallest absolute Gasteiger partial charge is 0.166 e. The zero-order valence-electron chi connectivity index (χ0n) is 9.84. The van der Waals surface area contributed by atoms with E-state index in [2.05, 4.69) is 0 Å². The van der Waals surface area contributed by atoms with Gasteiger partial charge in [-0.3, -0.25) is 4.79 Å². The van der Waals surface area contributed by atoms with Crippen molar-refractivity contribution in [2.45, 2.75) is 12.3 Å². The van der Waals surface area contributed by atoms with Crippen LogP contribution < -0.4 is 0 Å². The molecule has 1 aliphatic carbocycles. The number of rotatable bonds is 3. The predicted octanol–water partition coefficient (Wildman–Crippen LogP) is 4.33. The van der Waals surface area contributed by atoms with Gasteiger partial charge in [0, 0.05) is 16.5 Å². The minimum Gasteiger partial charge on any atom is -0.294 e. The lowest BCUT2D eigenvalue weighted by atomic mass is 10.0. The average Bonchev–Trinajstić information content (AvgIpc) is 3.20. The quantitative estimate of drug-likeness (QED) is 0.747.